The Kier molecular flexibility index (Phi) is 5.07. The van der Waals surface area contributed by atoms with Crippen molar-refractivity contribution in [1.82, 2.24) is 9.78 Å². The molecule has 1 N–H and O–H groups in total. The number of aryl methyl sites for hydroxylation is 2. The zero-order chi connectivity index (χ0) is 15.4. The van der Waals surface area contributed by atoms with Crippen LogP contribution >= 0.6 is 0 Å². The highest BCUT2D eigenvalue weighted by Gasteiger charge is 2.13. The molecule has 2 aromatic rings. The lowest BCUT2D eigenvalue weighted by Crippen LogP contribution is -2.17. The molecule has 0 bridgehead atoms. The van der Waals surface area contributed by atoms with Crippen LogP contribution in [0.4, 0.5) is 8.78 Å². The molecule has 0 aliphatic rings. The first-order valence-electron chi connectivity index (χ1n) is 7.20. The van der Waals surface area contributed by atoms with Crippen molar-refractivity contribution in [2.24, 2.45) is 0 Å². The molecule has 1 aromatic carbocycles. The van der Waals surface area contributed by atoms with Crippen LogP contribution in [-0.4, -0.2) is 21.0 Å². The largest absolute Gasteiger partial charge is 0.392 e. The van der Waals surface area contributed by atoms with E-state index in [9.17, 15) is 13.9 Å². The Morgan fingerprint density at radius 2 is 1.76 bits per heavy atom. The highest BCUT2D eigenvalue weighted by Crippen LogP contribution is 2.14. The van der Waals surface area contributed by atoms with Gasteiger partial charge in [-0.2, -0.15) is 5.10 Å². The minimum atomic E-state index is -0.696. The summed E-state index contributed by atoms with van der Waals surface area (Å²) in [6.45, 7) is 4.75. The van der Waals surface area contributed by atoms with Crippen LogP contribution in [0.15, 0.2) is 24.3 Å². The minimum Gasteiger partial charge on any atom is -0.392 e. The SMILES string of the molecule is CCc1cc(CC(O)Cc2cc(F)cc(F)c2)n(CC)n1. The van der Waals surface area contributed by atoms with Crippen LogP contribution in [0.25, 0.3) is 0 Å². The summed E-state index contributed by atoms with van der Waals surface area (Å²) in [5.41, 5.74) is 2.38. The fourth-order valence-electron chi connectivity index (χ4n) is 2.44. The van der Waals surface area contributed by atoms with Gasteiger partial charge in [-0.05, 0) is 43.5 Å². The van der Waals surface area contributed by atoms with Crippen LogP contribution in [-0.2, 0) is 25.8 Å². The van der Waals surface area contributed by atoms with Gasteiger partial charge >= 0.3 is 0 Å². The van der Waals surface area contributed by atoms with E-state index in [1.165, 1.54) is 12.1 Å². The molecule has 1 aromatic heterocycles. The summed E-state index contributed by atoms with van der Waals surface area (Å²) in [6, 6.07) is 5.30. The topological polar surface area (TPSA) is 38.0 Å². The Balaban J connectivity index is 2.07. The maximum absolute atomic E-state index is 13.1. The van der Waals surface area contributed by atoms with Crippen molar-refractivity contribution in [3.05, 3.63) is 52.9 Å². The third-order valence-electron chi connectivity index (χ3n) is 3.41. The van der Waals surface area contributed by atoms with Crippen LogP contribution in [0.2, 0.25) is 0 Å². The average Bonchev–Trinajstić information content (AvgIpc) is 2.79. The van der Waals surface area contributed by atoms with E-state index in [-0.39, 0.29) is 6.42 Å². The van der Waals surface area contributed by atoms with E-state index in [1.807, 2.05) is 24.6 Å². The number of benzene rings is 1. The van der Waals surface area contributed by atoms with Crippen LogP contribution < -0.4 is 0 Å². The number of halogens is 2. The second-order valence-electron chi connectivity index (χ2n) is 5.14. The van der Waals surface area contributed by atoms with Crippen molar-refractivity contribution in [2.75, 3.05) is 0 Å². The fraction of sp³-hybridized carbons (Fsp3) is 0.438. The third-order valence-corrected chi connectivity index (χ3v) is 3.41. The van der Waals surface area contributed by atoms with Gasteiger partial charge in [-0.25, -0.2) is 8.78 Å². The van der Waals surface area contributed by atoms with Crippen LogP contribution in [0.3, 0.4) is 0 Å². The molecule has 0 saturated carbocycles. The first-order valence-corrected chi connectivity index (χ1v) is 7.20. The normalized spacial score (nSPS) is 12.6. The highest BCUT2D eigenvalue weighted by atomic mass is 19.1. The second kappa shape index (κ2) is 6.80. The van der Waals surface area contributed by atoms with Gasteiger partial charge in [-0.1, -0.05) is 6.92 Å². The summed E-state index contributed by atoms with van der Waals surface area (Å²) < 4.78 is 28.1. The maximum Gasteiger partial charge on any atom is 0.126 e. The molecule has 0 aliphatic carbocycles. The maximum atomic E-state index is 13.1. The van der Waals surface area contributed by atoms with E-state index in [4.69, 9.17) is 0 Å². The van der Waals surface area contributed by atoms with Gasteiger partial charge in [0.2, 0.25) is 0 Å². The number of hydrogen-bond donors (Lipinski definition) is 1. The number of aliphatic hydroxyl groups excluding tert-OH is 1. The van der Waals surface area contributed by atoms with Crippen molar-refractivity contribution in [3.8, 4) is 0 Å². The Morgan fingerprint density at radius 3 is 2.33 bits per heavy atom. The van der Waals surface area contributed by atoms with E-state index in [0.29, 0.717) is 12.0 Å². The first-order chi connectivity index (χ1) is 10.0. The van der Waals surface area contributed by atoms with Crippen LogP contribution in [0.1, 0.15) is 30.8 Å². The molecule has 21 heavy (non-hydrogen) atoms. The standard InChI is InChI=1S/C16H20F2N2O/c1-3-14-9-15(20(4-2)19-14)10-16(21)7-11-5-12(17)8-13(18)6-11/h5-6,8-9,16,21H,3-4,7,10H2,1-2H3. The number of aliphatic hydroxyl groups is 1. The Bertz CT molecular complexity index is 590. The van der Waals surface area contributed by atoms with E-state index >= 15 is 0 Å². The van der Waals surface area contributed by atoms with E-state index in [2.05, 4.69) is 5.10 Å². The molecule has 0 fully saturated rings. The molecular weight excluding hydrogens is 274 g/mol. The minimum absolute atomic E-state index is 0.213. The predicted molar refractivity (Wildman–Crippen MR) is 77.1 cm³/mol. The molecule has 1 atom stereocenters. The first kappa shape index (κ1) is 15.6. The van der Waals surface area contributed by atoms with Crippen molar-refractivity contribution >= 4 is 0 Å². The molecule has 3 nitrogen and oxygen atoms in total. The van der Waals surface area contributed by atoms with Crippen LogP contribution in [0.5, 0.6) is 0 Å². The lowest BCUT2D eigenvalue weighted by atomic mass is 10.0. The van der Waals surface area contributed by atoms with Crippen molar-refractivity contribution in [1.29, 1.82) is 0 Å². The summed E-state index contributed by atoms with van der Waals surface area (Å²) in [5.74, 6) is -1.24. The summed E-state index contributed by atoms with van der Waals surface area (Å²) in [7, 11) is 0. The molecule has 0 radical (unpaired) electrons. The van der Waals surface area contributed by atoms with Gasteiger partial charge in [0.15, 0.2) is 0 Å². The lowest BCUT2D eigenvalue weighted by molar-refractivity contribution is 0.172. The second-order valence-corrected chi connectivity index (χ2v) is 5.14. The predicted octanol–water partition coefficient (Wildman–Crippen LogP) is 2.89. The van der Waals surface area contributed by atoms with Gasteiger partial charge < -0.3 is 5.11 Å². The fourth-order valence-corrected chi connectivity index (χ4v) is 2.44. The lowest BCUT2D eigenvalue weighted by Gasteiger charge is -2.12. The van der Waals surface area contributed by atoms with Gasteiger partial charge in [-0.3, -0.25) is 4.68 Å². The molecule has 1 unspecified atom stereocenters. The molecule has 0 spiro atoms. The molecule has 2 rings (SSSR count). The number of hydrogen-bond acceptors (Lipinski definition) is 2. The van der Waals surface area contributed by atoms with Gasteiger partial charge in [0.1, 0.15) is 11.6 Å². The van der Waals surface area contributed by atoms with Gasteiger partial charge in [0, 0.05) is 24.7 Å². The zero-order valence-corrected chi connectivity index (χ0v) is 12.3. The number of rotatable bonds is 6. The molecule has 0 aliphatic heterocycles. The average molecular weight is 294 g/mol. The quantitative estimate of drug-likeness (QED) is 0.889. The summed E-state index contributed by atoms with van der Waals surface area (Å²) in [6.07, 6.45) is 0.771. The Hall–Kier alpha value is -1.75. The third kappa shape index (κ3) is 4.11. The molecule has 114 valence electrons. The summed E-state index contributed by atoms with van der Waals surface area (Å²) in [4.78, 5) is 0. The van der Waals surface area contributed by atoms with Crippen molar-refractivity contribution in [2.45, 2.75) is 45.8 Å². The molecule has 5 heteroatoms. The van der Waals surface area contributed by atoms with Crippen molar-refractivity contribution in [3.63, 3.8) is 0 Å². The van der Waals surface area contributed by atoms with E-state index < -0.39 is 17.7 Å². The van der Waals surface area contributed by atoms with Gasteiger partial charge in [0.05, 0.1) is 11.8 Å². The van der Waals surface area contributed by atoms with E-state index in [0.717, 1.165) is 30.4 Å². The molecule has 0 amide bonds. The number of aromatic nitrogens is 2. The number of nitrogens with zero attached hydrogens (tertiary/aromatic N) is 2. The Morgan fingerprint density at radius 1 is 1.10 bits per heavy atom. The summed E-state index contributed by atoms with van der Waals surface area (Å²) in [5, 5.41) is 14.6. The zero-order valence-electron chi connectivity index (χ0n) is 12.3. The monoisotopic (exact) mass is 294 g/mol. The van der Waals surface area contributed by atoms with Gasteiger partial charge in [-0.15, -0.1) is 0 Å². The molecular formula is C16H20F2N2O. The van der Waals surface area contributed by atoms with Gasteiger partial charge in [0.25, 0.3) is 0 Å². The smallest absolute Gasteiger partial charge is 0.126 e. The Labute approximate surface area is 123 Å². The van der Waals surface area contributed by atoms with E-state index in [1.54, 1.807) is 0 Å². The molecule has 0 saturated heterocycles. The highest BCUT2D eigenvalue weighted by molar-refractivity contribution is 5.19. The summed E-state index contributed by atoms with van der Waals surface area (Å²) >= 11 is 0. The molecule has 1 heterocycles. The van der Waals surface area contributed by atoms with Crippen molar-refractivity contribution < 1.29 is 13.9 Å². The van der Waals surface area contributed by atoms with Crippen LogP contribution in [0, 0.1) is 11.6 Å².